The Bertz CT molecular complexity index is 1050. The van der Waals surface area contributed by atoms with Gasteiger partial charge in [0, 0.05) is 12.7 Å². The van der Waals surface area contributed by atoms with Crippen LogP contribution in [0.25, 0.3) is 0 Å². The van der Waals surface area contributed by atoms with E-state index < -0.39 is 11.8 Å². The zero-order chi connectivity index (χ0) is 19.7. The number of nitrogens with zero attached hydrogens (tertiary/aromatic N) is 3. The zero-order valence-corrected chi connectivity index (χ0v) is 15.0. The quantitative estimate of drug-likeness (QED) is 0.691. The van der Waals surface area contributed by atoms with Crippen molar-refractivity contribution in [1.82, 2.24) is 9.78 Å². The number of rotatable bonds is 5. The van der Waals surface area contributed by atoms with E-state index in [1.54, 1.807) is 55.8 Å². The third-order valence-electron chi connectivity index (χ3n) is 4.31. The van der Waals surface area contributed by atoms with Gasteiger partial charge in [-0.2, -0.15) is 5.10 Å². The van der Waals surface area contributed by atoms with Gasteiger partial charge in [-0.3, -0.25) is 14.4 Å². The summed E-state index contributed by atoms with van der Waals surface area (Å²) in [6.45, 7) is 0.269. The normalized spacial score (nSPS) is 13.0. The lowest BCUT2D eigenvalue weighted by atomic mass is 10.1. The van der Waals surface area contributed by atoms with Crippen LogP contribution in [0.5, 0.6) is 0 Å². The van der Waals surface area contributed by atoms with E-state index in [2.05, 4.69) is 10.4 Å². The lowest BCUT2D eigenvalue weighted by molar-refractivity contribution is 0.0924. The standard InChI is InChI=1S/C20H16N4O4/c1-28-12-23-11-14(10-21-23)22-18(25)13-5-4-6-15(9-13)24-19(26)16-7-2-3-8-17(16)20(24)27/h2-11H,12H2,1H3,(H,22,25). The fourth-order valence-electron chi connectivity index (χ4n) is 3.04. The molecule has 0 atom stereocenters. The highest BCUT2D eigenvalue weighted by atomic mass is 16.5. The van der Waals surface area contributed by atoms with Crippen LogP contribution < -0.4 is 10.2 Å². The van der Waals surface area contributed by atoms with Gasteiger partial charge < -0.3 is 10.1 Å². The first-order valence-electron chi connectivity index (χ1n) is 8.49. The summed E-state index contributed by atoms with van der Waals surface area (Å²) in [6, 6.07) is 13.0. The molecule has 0 bridgehead atoms. The molecule has 0 fully saturated rings. The van der Waals surface area contributed by atoms with Crippen LogP contribution in [-0.4, -0.2) is 34.6 Å². The number of hydrogen-bond acceptors (Lipinski definition) is 5. The lowest BCUT2D eigenvalue weighted by Crippen LogP contribution is -2.29. The van der Waals surface area contributed by atoms with Gasteiger partial charge in [0.25, 0.3) is 17.7 Å². The average molecular weight is 376 g/mol. The summed E-state index contributed by atoms with van der Waals surface area (Å²) < 4.78 is 6.50. The highest BCUT2D eigenvalue weighted by Crippen LogP contribution is 2.28. The van der Waals surface area contributed by atoms with Crippen LogP contribution in [-0.2, 0) is 11.5 Å². The molecule has 3 aromatic rings. The molecule has 8 heteroatoms. The van der Waals surface area contributed by atoms with Crippen molar-refractivity contribution >= 4 is 29.1 Å². The first-order chi connectivity index (χ1) is 13.6. The van der Waals surface area contributed by atoms with Crippen molar-refractivity contribution in [2.75, 3.05) is 17.3 Å². The van der Waals surface area contributed by atoms with Crippen LogP contribution >= 0.6 is 0 Å². The van der Waals surface area contributed by atoms with E-state index in [0.717, 1.165) is 4.90 Å². The van der Waals surface area contributed by atoms with Gasteiger partial charge in [0.15, 0.2) is 0 Å². The molecule has 0 spiro atoms. The van der Waals surface area contributed by atoms with Gasteiger partial charge in [-0.1, -0.05) is 18.2 Å². The number of fused-ring (bicyclic) bond motifs is 1. The molecule has 0 saturated carbocycles. The van der Waals surface area contributed by atoms with Crippen molar-refractivity contribution in [2.45, 2.75) is 6.73 Å². The monoisotopic (exact) mass is 376 g/mol. The number of amides is 3. The van der Waals surface area contributed by atoms with Crippen molar-refractivity contribution in [3.05, 3.63) is 77.6 Å². The third kappa shape index (κ3) is 3.06. The van der Waals surface area contributed by atoms with Crippen LogP contribution in [0.3, 0.4) is 0 Å². The maximum atomic E-state index is 12.6. The molecule has 0 aliphatic carbocycles. The van der Waals surface area contributed by atoms with E-state index in [1.165, 1.54) is 16.9 Å². The summed E-state index contributed by atoms with van der Waals surface area (Å²) in [5, 5.41) is 6.78. The predicted octanol–water partition coefficient (Wildman–Crippen LogP) is 2.54. The number of aromatic nitrogens is 2. The minimum Gasteiger partial charge on any atom is -0.362 e. The van der Waals surface area contributed by atoms with Gasteiger partial charge in [-0.15, -0.1) is 0 Å². The van der Waals surface area contributed by atoms with E-state index in [9.17, 15) is 14.4 Å². The van der Waals surface area contributed by atoms with Crippen molar-refractivity contribution < 1.29 is 19.1 Å². The first-order valence-corrected chi connectivity index (χ1v) is 8.49. The second kappa shape index (κ2) is 7.09. The molecular weight excluding hydrogens is 360 g/mol. The van der Waals surface area contributed by atoms with Crippen LogP contribution in [0.4, 0.5) is 11.4 Å². The second-order valence-electron chi connectivity index (χ2n) is 6.18. The number of hydrogen-bond donors (Lipinski definition) is 1. The molecule has 0 radical (unpaired) electrons. The minimum atomic E-state index is -0.404. The Hall–Kier alpha value is -3.78. The summed E-state index contributed by atoms with van der Waals surface area (Å²) in [5.74, 6) is -1.19. The Morgan fingerprint density at radius 1 is 1.07 bits per heavy atom. The SMILES string of the molecule is COCn1cc(NC(=O)c2cccc(N3C(=O)c4ccccc4C3=O)c2)cn1. The fraction of sp³-hybridized carbons (Fsp3) is 0.100. The molecule has 3 amide bonds. The fourth-order valence-corrected chi connectivity index (χ4v) is 3.04. The van der Waals surface area contributed by atoms with E-state index in [1.807, 2.05) is 0 Å². The number of nitrogens with one attached hydrogen (secondary N) is 1. The van der Waals surface area contributed by atoms with E-state index in [0.29, 0.717) is 28.1 Å². The third-order valence-corrected chi connectivity index (χ3v) is 4.31. The van der Waals surface area contributed by atoms with Gasteiger partial charge in [0.1, 0.15) is 6.73 Å². The lowest BCUT2D eigenvalue weighted by Gasteiger charge is -2.15. The van der Waals surface area contributed by atoms with Gasteiger partial charge in [0.05, 0.1) is 34.9 Å². The van der Waals surface area contributed by atoms with Crippen molar-refractivity contribution in [1.29, 1.82) is 0 Å². The molecule has 2 heterocycles. The molecule has 8 nitrogen and oxygen atoms in total. The van der Waals surface area contributed by atoms with Crippen LogP contribution in [0.2, 0.25) is 0 Å². The Balaban J connectivity index is 1.57. The molecule has 4 rings (SSSR count). The van der Waals surface area contributed by atoms with Gasteiger partial charge in [-0.25, -0.2) is 9.58 Å². The Kier molecular flexibility index (Phi) is 4.46. The van der Waals surface area contributed by atoms with Gasteiger partial charge in [-0.05, 0) is 30.3 Å². The summed E-state index contributed by atoms with van der Waals surface area (Å²) in [4.78, 5) is 38.9. The van der Waals surface area contributed by atoms with Gasteiger partial charge in [0.2, 0.25) is 0 Å². The average Bonchev–Trinajstić information content (AvgIpc) is 3.25. The van der Waals surface area contributed by atoms with E-state index in [-0.39, 0.29) is 12.6 Å². The van der Waals surface area contributed by atoms with Crippen molar-refractivity contribution in [2.24, 2.45) is 0 Å². The summed E-state index contributed by atoms with van der Waals surface area (Å²) in [7, 11) is 1.55. The number of methoxy groups -OCH3 is 1. The molecule has 1 N–H and O–H groups in total. The summed E-state index contributed by atoms with van der Waals surface area (Å²) in [5.41, 5.74) is 1.87. The van der Waals surface area contributed by atoms with E-state index in [4.69, 9.17) is 4.74 Å². The maximum absolute atomic E-state index is 12.6. The number of ether oxygens (including phenoxy) is 1. The van der Waals surface area contributed by atoms with Crippen LogP contribution in [0.15, 0.2) is 60.9 Å². The minimum absolute atomic E-state index is 0.269. The Morgan fingerprint density at radius 3 is 2.46 bits per heavy atom. The number of carbonyl (C=O) groups excluding carboxylic acids is 3. The largest absolute Gasteiger partial charge is 0.362 e. The smallest absolute Gasteiger partial charge is 0.266 e. The zero-order valence-electron chi connectivity index (χ0n) is 15.0. The molecule has 140 valence electrons. The topological polar surface area (TPSA) is 93.5 Å². The predicted molar refractivity (Wildman–Crippen MR) is 101 cm³/mol. The molecule has 0 saturated heterocycles. The molecule has 1 aliphatic heterocycles. The van der Waals surface area contributed by atoms with Crippen molar-refractivity contribution in [3.63, 3.8) is 0 Å². The number of benzene rings is 2. The molecule has 1 aromatic heterocycles. The first kappa shape index (κ1) is 17.6. The maximum Gasteiger partial charge on any atom is 0.266 e. The van der Waals surface area contributed by atoms with E-state index >= 15 is 0 Å². The number of carbonyl (C=O) groups is 3. The van der Waals surface area contributed by atoms with Crippen LogP contribution in [0.1, 0.15) is 31.1 Å². The summed E-state index contributed by atoms with van der Waals surface area (Å²) >= 11 is 0. The molecule has 28 heavy (non-hydrogen) atoms. The molecular formula is C20H16N4O4. The summed E-state index contributed by atoms with van der Waals surface area (Å²) in [6.07, 6.45) is 3.14. The molecule has 0 unspecified atom stereocenters. The molecule has 2 aromatic carbocycles. The highest BCUT2D eigenvalue weighted by Gasteiger charge is 2.36. The highest BCUT2D eigenvalue weighted by molar-refractivity contribution is 6.34. The second-order valence-corrected chi connectivity index (χ2v) is 6.18. The molecule has 1 aliphatic rings. The Morgan fingerprint density at radius 2 is 1.79 bits per heavy atom. The Labute approximate surface area is 160 Å². The van der Waals surface area contributed by atoms with Crippen LogP contribution in [0, 0.1) is 0 Å². The van der Waals surface area contributed by atoms with Gasteiger partial charge >= 0.3 is 0 Å². The number of imide groups is 1. The number of anilines is 2. The van der Waals surface area contributed by atoms with Crippen molar-refractivity contribution in [3.8, 4) is 0 Å².